The third-order valence-electron chi connectivity index (χ3n) is 6.62. The minimum Gasteiger partial charge on any atom is -0.356 e. The maximum atomic E-state index is 12.6. The summed E-state index contributed by atoms with van der Waals surface area (Å²) < 4.78 is 0. The molecule has 0 spiro atoms. The summed E-state index contributed by atoms with van der Waals surface area (Å²) in [5, 5.41) is 3.13. The van der Waals surface area contributed by atoms with Crippen LogP contribution in [0, 0.1) is 11.8 Å². The van der Waals surface area contributed by atoms with E-state index < -0.39 is 0 Å². The highest BCUT2D eigenvalue weighted by atomic mass is 16.2. The lowest BCUT2D eigenvalue weighted by molar-refractivity contribution is -0.126. The van der Waals surface area contributed by atoms with Gasteiger partial charge < -0.3 is 15.1 Å². The fourth-order valence-electron chi connectivity index (χ4n) is 4.92. The summed E-state index contributed by atoms with van der Waals surface area (Å²) in [5.41, 5.74) is 0.886. The van der Waals surface area contributed by atoms with Crippen LogP contribution in [-0.2, 0) is 9.59 Å². The number of benzene rings is 1. The Morgan fingerprint density at radius 1 is 1.04 bits per heavy atom. The van der Waals surface area contributed by atoms with Crippen molar-refractivity contribution < 1.29 is 9.59 Å². The Balaban J connectivity index is 1.21. The summed E-state index contributed by atoms with van der Waals surface area (Å²) in [6.45, 7) is 3.60. The van der Waals surface area contributed by atoms with Crippen LogP contribution in [0.2, 0.25) is 0 Å². The Morgan fingerprint density at radius 2 is 1.74 bits per heavy atom. The number of hydrogen-bond donors (Lipinski definition) is 1. The summed E-state index contributed by atoms with van der Waals surface area (Å²) >= 11 is 0. The van der Waals surface area contributed by atoms with E-state index in [1.807, 2.05) is 30.3 Å². The molecule has 4 rings (SSSR count). The van der Waals surface area contributed by atoms with Crippen molar-refractivity contribution in [3.63, 3.8) is 0 Å². The first-order valence-electron chi connectivity index (χ1n) is 10.6. The number of para-hydroxylation sites is 1. The molecule has 5 nitrogen and oxygen atoms in total. The molecule has 1 aromatic rings. The Hall–Kier alpha value is -1.88. The number of nitrogens with one attached hydrogen (secondary N) is 1. The van der Waals surface area contributed by atoms with Crippen LogP contribution < -0.4 is 10.2 Å². The van der Waals surface area contributed by atoms with E-state index in [-0.39, 0.29) is 17.7 Å². The van der Waals surface area contributed by atoms with E-state index in [0.717, 1.165) is 18.3 Å². The highest BCUT2D eigenvalue weighted by molar-refractivity contribution is 6.00. The third kappa shape index (κ3) is 4.34. The first-order valence-corrected chi connectivity index (χ1v) is 10.6. The van der Waals surface area contributed by atoms with Gasteiger partial charge in [-0.15, -0.1) is 0 Å². The van der Waals surface area contributed by atoms with Gasteiger partial charge in [0.05, 0.1) is 5.92 Å². The second kappa shape index (κ2) is 8.42. The first kappa shape index (κ1) is 18.5. The second-order valence-corrected chi connectivity index (χ2v) is 8.40. The van der Waals surface area contributed by atoms with Gasteiger partial charge in [-0.1, -0.05) is 31.0 Å². The topological polar surface area (TPSA) is 52.7 Å². The van der Waals surface area contributed by atoms with Gasteiger partial charge in [0, 0.05) is 31.2 Å². The fraction of sp³-hybridized carbons (Fsp3) is 0.636. The van der Waals surface area contributed by atoms with Crippen molar-refractivity contribution >= 4 is 17.5 Å². The highest BCUT2D eigenvalue weighted by Crippen LogP contribution is 2.28. The van der Waals surface area contributed by atoms with Gasteiger partial charge in [-0.2, -0.15) is 0 Å². The molecule has 1 aromatic carbocycles. The molecule has 5 heteroatoms. The smallest absolute Gasteiger partial charge is 0.227 e. The monoisotopic (exact) mass is 369 g/mol. The molecule has 2 amide bonds. The maximum Gasteiger partial charge on any atom is 0.227 e. The molecular formula is C22H31N3O2. The first-order chi connectivity index (χ1) is 13.2. The van der Waals surface area contributed by atoms with Crippen LogP contribution in [0.25, 0.3) is 0 Å². The number of rotatable bonds is 5. The minimum atomic E-state index is -0.226. The lowest BCUT2D eigenvalue weighted by atomic mass is 9.95. The van der Waals surface area contributed by atoms with E-state index in [0.29, 0.717) is 18.9 Å². The predicted molar refractivity (Wildman–Crippen MR) is 106 cm³/mol. The molecule has 3 aliphatic rings. The van der Waals surface area contributed by atoms with Crippen molar-refractivity contribution in [1.82, 2.24) is 10.2 Å². The van der Waals surface area contributed by atoms with E-state index in [9.17, 15) is 9.59 Å². The summed E-state index contributed by atoms with van der Waals surface area (Å²) in [7, 11) is 0. The summed E-state index contributed by atoms with van der Waals surface area (Å²) in [5.74, 6) is 0.441. The molecule has 2 heterocycles. The number of carbonyl (C=O) groups is 2. The minimum absolute atomic E-state index is 0.0417. The summed E-state index contributed by atoms with van der Waals surface area (Å²) in [6, 6.07) is 10.5. The molecule has 0 radical (unpaired) electrons. The zero-order valence-corrected chi connectivity index (χ0v) is 16.1. The molecule has 3 fully saturated rings. The SMILES string of the molecule is O=C(NCC1CCN(C2CCCC2)CC1)C1CC(=O)N(c2ccccc2)C1. The second-order valence-electron chi connectivity index (χ2n) is 8.40. The van der Waals surface area contributed by atoms with Crippen molar-refractivity contribution in [2.75, 3.05) is 31.1 Å². The van der Waals surface area contributed by atoms with Crippen LogP contribution in [0.3, 0.4) is 0 Å². The van der Waals surface area contributed by atoms with Crippen molar-refractivity contribution in [2.24, 2.45) is 11.8 Å². The molecule has 2 saturated heterocycles. The van der Waals surface area contributed by atoms with Gasteiger partial charge >= 0.3 is 0 Å². The Morgan fingerprint density at radius 3 is 2.44 bits per heavy atom. The predicted octanol–water partition coefficient (Wildman–Crippen LogP) is 2.81. The number of amides is 2. The molecule has 0 bridgehead atoms. The standard InChI is InChI=1S/C22H31N3O2/c26-21-14-18(16-25(21)20-8-2-1-3-9-20)22(27)23-15-17-10-12-24(13-11-17)19-6-4-5-7-19/h1-3,8-9,17-19H,4-7,10-16H2,(H,23,27). The third-order valence-corrected chi connectivity index (χ3v) is 6.62. The van der Waals surface area contributed by atoms with E-state index in [2.05, 4.69) is 10.2 Å². The fourth-order valence-corrected chi connectivity index (χ4v) is 4.92. The lowest BCUT2D eigenvalue weighted by Gasteiger charge is -2.36. The lowest BCUT2D eigenvalue weighted by Crippen LogP contribution is -2.43. The number of nitrogens with zero attached hydrogens (tertiary/aromatic N) is 2. The molecule has 1 unspecified atom stereocenters. The summed E-state index contributed by atoms with van der Waals surface area (Å²) in [6.07, 6.45) is 8.19. The molecule has 146 valence electrons. The average Bonchev–Trinajstić information content (AvgIpc) is 3.37. The molecule has 0 aromatic heterocycles. The Labute approximate surface area is 162 Å². The van der Waals surface area contributed by atoms with Gasteiger partial charge in [-0.3, -0.25) is 9.59 Å². The van der Waals surface area contributed by atoms with Gasteiger partial charge in [0.15, 0.2) is 0 Å². The number of piperidine rings is 1. The highest BCUT2D eigenvalue weighted by Gasteiger charge is 2.35. The average molecular weight is 370 g/mol. The molecule has 1 aliphatic carbocycles. The number of anilines is 1. The molecule has 1 N–H and O–H groups in total. The van der Waals surface area contributed by atoms with E-state index in [1.54, 1.807) is 4.90 Å². The normalized spacial score (nSPS) is 25.3. The van der Waals surface area contributed by atoms with Crippen molar-refractivity contribution in [1.29, 1.82) is 0 Å². The van der Waals surface area contributed by atoms with E-state index in [1.165, 1.54) is 51.6 Å². The summed E-state index contributed by atoms with van der Waals surface area (Å²) in [4.78, 5) is 29.3. The van der Waals surface area contributed by atoms with Crippen LogP contribution in [0.1, 0.15) is 44.9 Å². The quantitative estimate of drug-likeness (QED) is 0.868. The van der Waals surface area contributed by atoms with Crippen molar-refractivity contribution in [3.05, 3.63) is 30.3 Å². The van der Waals surface area contributed by atoms with E-state index in [4.69, 9.17) is 0 Å². The van der Waals surface area contributed by atoms with Crippen molar-refractivity contribution in [3.8, 4) is 0 Å². The van der Waals surface area contributed by atoms with Gasteiger partial charge in [0.1, 0.15) is 0 Å². The van der Waals surface area contributed by atoms with Crippen LogP contribution in [-0.4, -0.2) is 48.9 Å². The van der Waals surface area contributed by atoms with Crippen LogP contribution in [0.4, 0.5) is 5.69 Å². The zero-order valence-electron chi connectivity index (χ0n) is 16.1. The molecule has 1 saturated carbocycles. The Bertz CT molecular complexity index is 649. The maximum absolute atomic E-state index is 12.6. The molecular weight excluding hydrogens is 338 g/mol. The van der Waals surface area contributed by atoms with Crippen molar-refractivity contribution in [2.45, 2.75) is 51.0 Å². The van der Waals surface area contributed by atoms with Gasteiger partial charge in [0.2, 0.25) is 11.8 Å². The molecule has 1 atom stereocenters. The van der Waals surface area contributed by atoms with Gasteiger partial charge in [-0.25, -0.2) is 0 Å². The Kier molecular flexibility index (Phi) is 5.77. The van der Waals surface area contributed by atoms with E-state index >= 15 is 0 Å². The van der Waals surface area contributed by atoms with Crippen LogP contribution in [0.15, 0.2) is 30.3 Å². The number of hydrogen-bond acceptors (Lipinski definition) is 3. The molecule has 2 aliphatic heterocycles. The zero-order chi connectivity index (χ0) is 18.6. The molecule has 27 heavy (non-hydrogen) atoms. The van der Waals surface area contributed by atoms with Crippen LogP contribution in [0.5, 0.6) is 0 Å². The number of likely N-dealkylation sites (tertiary alicyclic amines) is 1. The largest absolute Gasteiger partial charge is 0.356 e. The van der Waals surface area contributed by atoms with Gasteiger partial charge in [0.25, 0.3) is 0 Å². The van der Waals surface area contributed by atoms with Gasteiger partial charge in [-0.05, 0) is 56.8 Å². The van der Waals surface area contributed by atoms with Crippen LogP contribution >= 0.6 is 0 Å². The number of carbonyl (C=O) groups excluding carboxylic acids is 2.